The number of ketones is 1. The predicted molar refractivity (Wildman–Crippen MR) is 66.3 cm³/mol. The number of carbonyl (C=O) groups is 1. The summed E-state index contributed by atoms with van der Waals surface area (Å²) < 4.78 is 0. The molecular weight excluding hydrogens is 202 g/mol. The van der Waals surface area contributed by atoms with Gasteiger partial charge in [-0.1, -0.05) is 6.92 Å². The van der Waals surface area contributed by atoms with Crippen LogP contribution in [0.25, 0.3) is 0 Å². The molecule has 0 amide bonds. The van der Waals surface area contributed by atoms with E-state index in [1.165, 1.54) is 6.92 Å². The van der Waals surface area contributed by atoms with E-state index < -0.39 is 0 Å². The Balaban J connectivity index is 3.01. The fourth-order valence-electron chi connectivity index (χ4n) is 1.57. The first-order chi connectivity index (χ1) is 7.47. The maximum Gasteiger partial charge on any atom is 0.163 e. The first-order valence-electron chi connectivity index (χ1n) is 5.54. The molecule has 0 aliphatic heterocycles. The van der Waals surface area contributed by atoms with Crippen LogP contribution in [-0.4, -0.2) is 24.0 Å². The zero-order valence-electron chi connectivity index (χ0n) is 10.3. The van der Waals surface area contributed by atoms with E-state index in [1.54, 1.807) is 12.1 Å². The summed E-state index contributed by atoms with van der Waals surface area (Å²) in [6.45, 7) is 5.69. The molecule has 1 atom stereocenters. The molecule has 1 unspecified atom stereocenters. The molecule has 0 heterocycles. The number of benzene rings is 1. The molecule has 0 saturated heterocycles. The molecule has 1 N–H and O–H groups in total. The molecule has 3 nitrogen and oxygen atoms in total. The van der Waals surface area contributed by atoms with Gasteiger partial charge >= 0.3 is 0 Å². The minimum atomic E-state index is -0.116. The Kier molecular flexibility index (Phi) is 3.93. The van der Waals surface area contributed by atoms with Gasteiger partial charge in [0, 0.05) is 24.8 Å². The van der Waals surface area contributed by atoms with Gasteiger partial charge in [-0.05, 0) is 32.4 Å². The van der Waals surface area contributed by atoms with Gasteiger partial charge in [0.25, 0.3) is 0 Å². The topological polar surface area (TPSA) is 40.5 Å². The van der Waals surface area contributed by atoms with Crippen molar-refractivity contribution in [1.82, 2.24) is 0 Å². The molecule has 0 fully saturated rings. The molecule has 0 spiro atoms. The van der Waals surface area contributed by atoms with Crippen LogP contribution in [0.4, 0.5) is 5.69 Å². The first-order valence-corrected chi connectivity index (χ1v) is 5.54. The highest BCUT2D eigenvalue weighted by molar-refractivity contribution is 5.97. The third-order valence-electron chi connectivity index (χ3n) is 3.02. The van der Waals surface area contributed by atoms with Gasteiger partial charge in [0.2, 0.25) is 0 Å². The van der Waals surface area contributed by atoms with Crippen molar-refractivity contribution in [2.45, 2.75) is 33.2 Å². The van der Waals surface area contributed by atoms with Crippen LogP contribution in [0.15, 0.2) is 18.2 Å². The number of phenolic OH excluding ortho intramolecular Hbond substituents is 1. The van der Waals surface area contributed by atoms with Crippen molar-refractivity contribution in [1.29, 1.82) is 0 Å². The summed E-state index contributed by atoms with van der Waals surface area (Å²) in [5.41, 5.74) is 1.30. The van der Waals surface area contributed by atoms with Gasteiger partial charge in [-0.3, -0.25) is 4.79 Å². The van der Waals surface area contributed by atoms with E-state index in [4.69, 9.17) is 0 Å². The van der Waals surface area contributed by atoms with Crippen molar-refractivity contribution in [2.75, 3.05) is 11.9 Å². The molecule has 0 radical (unpaired) electrons. The summed E-state index contributed by atoms with van der Waals surface area (Å²) >= 11 is 0. The number of Topliss-reactive ketones (excluding diaryl/α,β-unsaturated/α-hetero) is 1. The number of nitrogens with zero attached hydrogens (tertiary/aromatic N) is 1. The van der Waals surface area contributed by atoms with Crippen LogP contribution in [0.3, 0.4) is 0 Å². The molecule has 0 aliphatic rings. The second-order valence-electron chi connectivity index (χ2n) is 4.13. The zero-order valence-corrected chi connectivity index (χ0v) is 10.3. The molecule has 0 saturated carbocycles. The molecule has 16 heavy (non-hydrogen) atoms. The number of phenols is 1. The van der Waals surface area contributed by atoms with E-state index in [-0.39, 0.29) is 11.5 Å². The van der Waals surface area contributed by atoms with Crippen LogP contribution in [0.2, 0.25) is 0 Å². The van der Waals surface area contributed by atoms with Crippen LogP contribution in [-0.2, 0) is 0 Å². The highest BCUT2D eigenvalue weighted by Crippen LogP contribution is 2.25. The smallest absolute Gasteiger partial charge is 0.163 e. The summed E-state index contributed by atoms with van der Waals surface area (Å²) in [4.78, 5) is 13.3. The zero-order chi connectivity index (χ0) is 12.3. The number of aromatic hydroxyl groups is 1. The van der Waals surface area contributed by atoms with E-state index in [0.29, 0.717) is 11.6 Å². The van der Waals surface area contributed by atoms with Crippen LogP contribution < -0.4 is 4.90 Å². The lowest BCUT2D eigenvalue weighted by Crippen LogP contribution is -2.27. The van der Waals surface area contributed by atoms with Gasteiger partial charge in [-0.25, -0.2) is 0 Å². The van der Waals surface area contributed by atoms with E-state index >= 15 is 0 Å². The fraction of sp³-hybridized carbons (Fsp3) is 0.462. The molecule has 0 aliphatic carbocycles. The third-order valence-corrected chi connectivity index (χ3v) is 3.02. The van der Waals surface area contributed by atoms with Gasteiger partial charge in [-0.15, -0.1) is 0 Å². The summed E-state index contributed by atoms with van der Waals surface area (Å²) in [5.74, 6) is -0.0598. The number of anilines is 1. The fourth-order valence-corrected chi connectivity index (χ4v) is 1.57. The lowest BCUT2D eigenvalue weighted by Gasteiger charge is -2.26. The molecule has 88 valence electrons. The van der Waals surface area contributed by atoms with Gasteiger partial charge in [0.1, 0.15) is 5.75 Å². The molecule has 0 aromatic heterocycles. The van der Waals surface area contributed by atoms with E-state index in [0.717, 1.165) is 12.1 Å². The predicted octanol–water partition coefficient (Wildman–Crippen LogP) is 2.83. The van der Waals surface area contributed by atoms with Crippen molar-refractivity contribution < 1.29 is 9.90 Å². The third kappa shape index (κ3) is 2.54. The van der Waals surface area contributed by atoms with Crippen LogP contribution in [0, 0.1) is 0 Å². The standard InChI is InChI=1S/C13H19NO2/c1-5-9(2)14(4)11-6-7-12(10(3)15)13(16)8-11/h6-9,16H,5H2,1-4H3. The van der Waals surface area contributed by atoms with Crippen molar-refractivity contribution in [3.8, 4) is 5.75 Å². The minimum Gasteiger partial charge on any atom is -0.507 e. The Bertz CT molecular complexity index is 388. The lowest BCUT2D eigenvalue weighted by atomic mass is 10.1. The van der Waals surface area contributed by atoms with Crippen LogP contribution in [0.1, 0.15) is 37.6 Å². The van der Waals surface area contributed by atoms with Gasteiger partial charge in [-0.2, -0.15) is 0 Å². The first kappa shape index (κ1) is 12.6. The van der Waals surface area contributed by atoms with E-state index in [1.807, 2.05) is 13.1 Å². The van der Waals surface area contributed by atoms with Gasteiger partial charge in [0.15, 0.2) is 5.78 Å². The summed E-state index contributed by atoms with van der Waals surface area (Å²) in [6.07, 6.45) is 1.03. The molecule has 0 bridgehead atoms. The van der Waals surface area contributed by atoms with Crippen LogP contribution >= 0.6 is 0 Å². The Morgan fingerprint density at radius 1 is 1.50 bits per heavy atom. The molecule has 3 heteroatoms. The van der Waals surface area contributed by atoms with Crippen molar-refractivity contribution in [3.63, 3.8) is 0 Å². The SMILES string of the molecule is CCC(C)N(C)c1ccc(C(C)=O)c(O)c1. The number of rotatable bonds is 4. The number of hydrogen-bond donors (Lipinski definition) is 1. The summed E-state index contributed by atoms with van der Waals surface area (Å²) in [7, 11) is 1.98. The van der Waals surface area contributed by atoms with Crippen molar-refractivity contribution in [2.24, 2.45) is 0 Å². The Hall–Kier alpha value is -1.51. The normalized spacial score (nSPS) is 12.2. The maximum atomic E-state index is 11.2. The highest BCUT2D eigenvalue weighted by atomic mass is 16.3. The number of hydrogen-bond acceptors (Lipinski definition) is 3. The average Bonchev–Trinajstić information content (AvgIpc) is 2.26. The van der Waals surface area contributed by atoms with Gasteiger partial charge in [0.05, 0.1) is 5.56 Å². The van der Waals surface area contributed by atoms with Crippen molar-refractivity contribution >= 4 is 11.5 Å². The Labute approximate surface area is 96.7 Å². The number of carbonyl (C=O) groups excluding carboxylic acids is 1. The molecule has 1 aromatic carbocycles. The molecular formula is C13H19NO2. The van der Waals surface area contributed by atoms with E-state index in [9.17, 15) is 9.90 Å². The second-order valence-corrected chi connectivity index (χ2v) is 4.13. The lowest BCUT2D eigenvalue weighted by molar-refractivity contribution is 0.101. The molecule has 1 aromatic rings. The second kappa shape index (κ2) is 5.01. The Morgan fingerprint density at radius 2 is 2.12 bits per heavy atom. The largest absolute Gasteiger partial charge is 0.507 e. The maximum absolute atomic E-state index is 11.2. The van der Waals surface area contributed by atoms with Gasteiger partial charge < -0.3 is 10.0 Å². The van der Waals surface area contributed by atoms with Crippen molar-refractivity contribution in [3.05, 3.63) is 23.8 Å². The summed E-state index contributed by atoms with van der Waals surface area (Å²) in [6, 6.07) is 5.58. The highest BCUT2D eigenvalue weighted by Gasteiger charge is 2.11. The quantitative estimate of drug-likeness (QED) is 0.795. The van der Waals surface area contributed by atoms with E-state index in [2.05, 4.69) is 18.7 Å². The Morgan fingerprint density at radius 3 is 2.56 bits per heavy atom. The average molecular weight is 221 g/mol. The summed E-state index contributed by atoms with van der Waals surface area (Å²) in [5, 5.41) is 9.72. The monoisotopic (exact) mass is 221 g/mol. The van der Waals surface area contributed by atoms with Crippen LogP contribution in [0.5, 0.6) is 5.75 Å². The molecule has 1 rings (SSSR count). The minimum absolute atomic E-state index is 0.0557.